The summed E-state index contributed by atoms with van der Waals surface area (Å²) in [5, 5.41) is 0. The molecule has 0 atom stereocenters. The van der Waals surface area contributed by atoms with Crippen LogP contribution in [0.5, 0.6) is 5.75 Å². The van der Waals surface area contributed by atoms with Crippen molar-refractivity contribution in [1.29, 1.82) is 0 Å². The largest absolute Gasteiger partial charge is 0.490 e. The number of ether oxygens (including phenoxy) is 1. The Morgan fingerprint density at radius 2 is 2.23 bits per heavy atom. The van der Waals surface area contributed by atoms with Gasteiger partial charge in [0.2, 0.25) is 0 Å². The third-order valence-electron chi connectivity index (χ3n) is 1.92. The minimum absolute atomic E-state index is 0.388. The molecule has 0 radical (unpaired) electrons. The number of aldehydes is 1. The Balaban J connectivity index is 2.20. The maximum Gasteiger partial charge on any atom is 0.151 e. The van der Waals surface area contributed by atoms with E-state index in [0.29, 0.717) is 11.7 Å². The Morgan fingerprint density at radius 1 is 1.46 bits per heavy atom. The summed E-state index contributed by atoms with van der Waals surface area (Å²) in [5.41, 5.74) is 0.707. The van der Waals surface area contributed by atoms with Crippen LogP contribution in [0.2, 0.25) is 0 Å². The number of rotatable bonds is 3. The average molecular weight is 288 g/mol. The summed E-state index contributed by atoms with van der Waals surface area (Å²) in [6.45, 7) is 0. The van der Waals surface area contributed by atoms with Crippen molar-refractivity contribution in [3.63, 3.8) is 0 Å². The minimum Gasteiger partial charge on any atom is -0.490 e. The highest BCUT2D eigenvalue weighted by Gasteiger charge is 2.23. The van der Waals surface area contributed by atoms with Crippen molar-refractivity contribution in [1.82, 2.24) is 0 Å². The van der Waals surface area contributed by atoms with Gasteiger partial charge < -0.3 is 4.74 Å². The first kappa shape index (κ1) is 8.99. The van der Waals surface area contributed by atoms with E-state index in [1.807, 2.05) is 12.1 Å². The van der Waals surface area contributed by atoms with Crippen molar-refractivity contribution >= 4 is 28.9 Å². The molecule has 1 saturated carbocycles. The van der Waals surface area contributed by atoms with Crippen LogP contribution in [0.1, 0.15) is 23.2 Å². The molecule has 1 aliphatic rings. The van der Waals surface area contributed by atoms with Crippen LogP contribution >= 0.6 is 22.6 Å². The highest BCUT2D eigenvalue weighted by Crippen LogP contribution is 2.27. The molecule has 3 heteroatoms. The van der Waals surface area contributed by atoms with E-state index in [4.69, 9.17) is 4.74 Å². The number of benzene rings is 1. The van der Waals surface area contributed by atoms with Crippen LogP contribution in [-0.4, -0.2) is 12.4 Å². The molecule has 0 amide bonds. The number of hydrogen-bond acceptors (Lipinski definition) is 2. The summed E-state index contributed by atoms with van der Waals surface area (Å²) in [7, 11) is 0. The lowest BCUT2D eigenvalue weighted by molar-refractivity contribution is 0.112. The van der Waals surface area contributed by atoms with E-state index in [9.17, 15) is 4.79 Å². The molecule has 0 N–H and O–H groups in total. The monoisotopic (exact) mass is 288 g/mol. The molecular weight excluding hydrogens is 279 g/mol. The molecule has 1 aliphatic carbocycles. The molecule has 0 aromatic heterocycles. The summed E-state index contributed by atoms with van der Waals surface area (Å²) in [4.78, 5) is 10.6. The Kier molecular flexibility index (Phi) is 2.53. The molecule has 2 nitrogen and oxygen atoms in total. The van der Waals surface area contributed by atoms with Crippen LogP contribution in [0.4, 0.5) is 0 Å². The van der Waals surface area contributed by atoms with Gasteiger partial charge in [0.15, 0.2) is 6.29 Å². The van der Waals surface area contributed by atoms with Gasteiger partial charge in [-0.05, 0) is 53.6 Å². The highest BCUT2D eigenvalue weighted by atomic mass is 127. The summed E-state index contributed by atoms with van der Waals surface area (Å²) in [5.74, 6) is 0.810. The van der Waals surface area contributed by atoms with Gasteiger partial charge in [-0.25, -0.2) is 0 Å². The standard InChI is InChI=1S/C10H9IO2/c11-10-4-3-9(5-7(10)6-12)13-8-1-2-8/h3-6,8H,1-2H2. The first-order valence-electron chi connectivity index (χ1n) is 4.21. The molecule has 0 spiro atoms. The fourth-order valence-electron chi connectivity index (χ4n) is 1.06. The third-order valence-corrected chi connectivity index (χ3v) is 2.90. The Bertz CT molecular complexity index is 332. The van der Waals surface area contributed by atoms with E-state index in [1.54, 1.807) is 6.07 Å². The van der Waals surface area contributed by atoms with Crippen LogP contribution in [0, 0.1) is 3.57 Å². The molecule has 13 heavy (non-hydrogen) atoms. The van der Waals surface area contributed by atoms with E-state index < -0.39 is 0 Å². The molecule has 68 valence electrons. The van der Waals surface area contributed by atoms with Gasteiger partial charge in [0, 0.05) is 9.13 Å². The first-order chi connectivity index (χ1) is 6.29. The second-order valence-electron chi connectivity index (χ2n) is 3.12. The van der Waals surface area contributed by atoms with Gasteiger partial charge in [0.05, 0.1) is 6.10 Å². The van der Waals surface area contributed by atoms with Crippen molar-refractivity contribution in [3.8, 4) is 5.75 Å². The molecule has 1 fully saturated rings. The fourth-order valence-corrected chi connectivity index (χ4v) is 1.53. The SMILES string of the molecule is O=Cc1cc(OC2CC2)ccc1I. The Morgan fingerprint density at radius 3 is 2.85 bits per heavy atom. The molecule has 1 aromatic carbocycles. The lowest BCUT2D eigenvalue weighted by Gasteiger charge is -2.05. The quantitative estimate of drug-likeness (QED) is 0.631. The van der Waals surface area contributed by atoms with Crippen LogP contribution in [-0.2, 0) is 0 Å². The zero-order valence-electron chi connectivity index (χ0n) is 7.00. The molecule has 0 aliphatic heterocycles. The third kappa shape index (κ3) is 2.21. The van der Waals surface area contributed by atoms with Crippen LogP contribution < -0.4 is 4.74 Å². The second-order valence-corrected chi connectivity index (χ2v) is 4.28. The van der Waals surface area contributed by atoms with Crippen LogP contribution in [0.25, 0.3) is 0 Å². The number of carbonyl (C=O) groups is 1. The van der Waals surface area contributed by atoms with Gasteiger partial charge in [-0.15, -0.1) is 0 Å². The molecule has 2 rings (SSSR count). The predicted octanol–water partition coefficient (Wildman–Crippen LogP) is 2.64. The second kappa shape index (κ2) is 3.65. The van der Waals surface area contributed by atoms with E-state index in [0.717, 1.165) is 28.4 Å². The molecular formula is C10H9IO2. The van der Waals surface area contributed by atoms with Crippen molar-refractivity contribution < 1.29 is 9.53 Å². The normalized spacial score (nSPS) is 15.5. The first-order valence-corrected chi connectivity index (χ1v) is 5.29. The smallest absolute Gasteiger partial charge is 0.151 e. The summed E-state index contributed by atoms with van der Waals surface area (Å²) >= 11 is 2.14. The van der Waals surface area contributed by atoms with Gasteiger partial charge in [0.1, 0.15) is 5.75 Å². The maximum atomic E-state index is 10.6. The summed E-state index contributed by atoms with van der Waals surface area (Å²) in [6, 6.07) is 5.61. The van der Waals surface area contributed by atoms with Crippen molar-refractivity contribution in [2.24, 2.45) is 0 Å². The highest BCUT2D eigenvalue weighted by molar-refractivity contribution is 14.1. The Labute approximate surface area is 90.4 Å². The minimum atomic E-state index is 0.388. The summed E-state index contributed by atoms with van der Waals surface area (Å²) < 4.78 is 6.53. The lowest BCUT2D eigenvalue weighted by Crippen LogP contribution is -1.97. The van der Waals surface area contributed by atoms with E-state index in [2.05, 4.69) is 22.6 Å². The number of hydrogen-bond donors (Lipinski definition) is 0. The van der Waals surface area contributed by atoms with Gasteiger partial charge in [-0.3, -0.25) is 4.79 Å². The zero-order valence-corrected chi connectivity index (χ0v) is 9.15. The molecule has 0 unspecified atom stereocenters. The van der Waals surface area contributed by atoms with Crippen LogP contribution in [0.3, 0.4) is 0 Å². The van der Waals surface area contributed by atoms with Gasteiger partial charge in [0.25, 0.3) is 0 Å². The molecule has 1 aromatic rings. The number of halogens is 1. The lowest BCUT2D eigenvalue weighted by atomic mass is 10.2. The maximum absolute atomic E-state index is 10.6. The molecule has 0 bridgehead atoms. The van der Waals surface area contributed by atoms with E-state index >= 15 is 0 Å². The van der Waals surface area contributed by atoms with Gasteiger partial charge >= 0.3 is 0 Å². The van der Waals surface area contributed by atoms with E-state index in [-0.39, 0.29) is 0 Å². The Hall–Kier alpha value is -0.580. The van der Waals surface area contributed by atoms with Gasteiger partial charge in [-0.1, -0.05) is 0 Å². The number of carbonyl (C=O) groups excluding carboxylic acids is 1. The average Bonchev–Trinajstić information content (AvgIpc) is 2.92. The van der Waals surface area contributed by atoms with Crippen molar-refractivity contribution in [3.05, 3.63) is 27.3 Å². The predicted molar refractivity (Wildman–Crippen MR) is 58.2 cm³/mol. The zero-order chi connectivity index (χ0) is 9.26. The van der Waals surface area contributed by atoms with Crippen molar-refractivity contribution in [2.45, 2.75) is 18.9 Å². The van der Waals surface area contributed by atoms with Crippen molar-refractivity contribution in [2.75, 3.05) is 0 Å². The molecule has 0 saturated heterocycles. The summed E-state index contributed by atoms with van der Waals surface area (Å²) in [6.07, 6.45) is 3.53. The molecule has 0 heterocycles. The van der Waals surface area contributed by atoms with E-state index in [1.165, 1.54) is 0 Å². The fraction of sp³-hybridized carbons (Fsp3) is 0.300. The topological polar surface area (TPSA) is 26.3 Å². The van der Waals surface area contributed by atoms with Gasteiger partial charge in [-0.2, -0.15) is 0 Å². The van der Waals surface area contributed by atoms with Crippen LogP contribution in [0.15, 0.2) is 18.2 Å².